The minimum atomic E-state index is -0.667. The quantitative estimate of drug-likeness (QED) is 0.362. The van der Waals surface area contributed by atoms with Crippen LogP contribution < -0.4 is 0 Å². The largest absolute Gasteiger partial charge is 0.449 e. The highest BCUT2D eigenvalue weighted by Gasteiger charge is 2.36. The van der Waals surface area contributed by atoms with Gasteiger partial charge in [-0.1, -0.05) is 13.8 Å². The second-order valence-electron chi connectivity index (χ2n) is 9.55. The van der Waals surface area contributed by atoms with Crippen molar-refractivity contribution in [1.29, 1.82) is 0 Å². The predicted octanol–water partition coefficient (Wildman–Crippen LogP) is 6.83. The van der Waals surface area contributed by atoms with Gasteiger partial charge in [-0.3, -0.25) is 4.90 Å². The summed E-state index contributed by atoms with van der Waals surface area (Å²) in [5.74, 6) is 0.715. The molecule has 0 unspecified atom stereocenters. The minimum Gasteiger partial charge on any atom is -0.449 e. The fourth-order valence-electron chi connectivity index (χ4n) is 3.71. The Bertz CT molecular complexity index is 1140. The van der Waals surface area contributed by atoms with Crippen LogP contribution in [-0.2, 0) is 9.47 Å². The Kier molecular flexibility index (Phi) is 6.59. The molecule has 4 rings (SSSR count). The Morgan fingerprint density at radius 3 is 2.73 bits per heavy atom. The molecule has 8 nitrogen and oxygen atoms in total. The number of halogens is 1. The first-order chi connectivity index (χ1) is 15.5. The SMILES string of the molecule is CC(C)COC(=O)N1CCC[C@H]1c1nc(-c2cc3oc(Br)cc3s2)cn1C(=O)OC(C)(C)C. The van der Waals surface area contributed by atoms with Crippen LogP contribution in [-0.4, -0.2) is 45.4 Å². The summed E-state index contributed by atoms with van der Waals surface area (Å²) < 4.78 is 19.8. The third-order valence-electron chi connectivity index (χ3n) is 5.08. The average molecular weight is 538 g/mol. The van der Waals surface area contributed by atoms with Crippen molar-refractivity contribution in [3.63, 3.8) is 0 Å². The molecule has 3 aromatic heterocycles. The van der Waals surface area contributed by atoms with Crippen LogP contribution in [0, 0.1) is 5.92 Å². The van der Waals surface area contributed by atoms with Crippen LogP contribution in [0.3, 0.4) is 0 Å². The lowest BCUT2D eigenvalue weighted by atomic mass is 10.2. The molecule has 0 spiro atoms. The lowest BCUT2D eigenvalue weighted by Crippen LogP contribution is -2.35. The normalized spacial score (nSPS) is 16.7. The molecular weight excluding hydrogens is 510 g/mol. The molecule has 0 radical (unpaired) electrons. The van der Waals surface area contributed by atoms with Crippen molar-refractivity contribution >= 4 is 49.7 Å². The number of aromatic nitrogens is 2. The van der Waals surface area contributed by atoms with Gasteiger partial charge in [0.2, 0.25) is 0 Å². The van der Waals surface area contributed by atoms with Gasteiger partial charge in [-0.25, -0.2) is 19.1 Å². The van der Waals surface area contributed by atoms with Crippen LogP contribution in [0.25, 0.3) is 20.9 Å². The first-order valence-corrected chi connectivity index (χ1v) is 12.6. The molecule has 0 aromatic carbocycles. The van der Waals surface area contributed by atoms with E-state index < -0.39 is 11.7 Å². The second-order valence-corrected chi connectivity index (χ2v) is 11.4. The number of rotatable bonds is 4. The lowest BCUT2D eigenvalue weighted by Gasteiger charge is -2.25. The van der Waals surface area contributed by atoms with E-state index in [1.807, 2.05) is 46.8 Å². The lowest BCUT2D eigenvalue weighted by molar-refractivity contribution is 0.0515. The fourth-order valence-corrected chi connectivity index (χ4v) is 5.24. The monoisotopic (exact) mass is 537 g/mol. The van der Waals surface area contributed by atoms with Crippen LogP contribution in [0.5, 0.6) is 0 Å². The van der Waals surface area contributed by atoms with Crippen molar-refractivity contribution in [1.82, 2.24) is 14.5 Å². The van der Waals surface area contributed by atoms with E-state index in [0.717, 1.165) is 21.6 Å². The Balaban J connectivity index is 1.70. The van der Waals surface area contributed by atoms with Crippen molar-refractivity contribution in [3.05, 3.63) is 28.8 Å². The highest BCUT2D eigenvalue weighted by atomic mass is 79.9. The molecule has 1 aliphatic heterocycles. The number of imidazole rings is 1. The van der Waals surface area contributed by atoms with Crippen molar-refractivity contribution in [2.75, 3.05) is 13.2 Å². The molecule has 33 heavy (non-hydrogen) atoms. The minimum absolute atomic E-state index is 0.238. The smallest absolute Gasteiger partial charge is 0.420 e. The number of nitrogens with zero attached hydrogens (tertiary/aromatic N) is 3. The third-order valence-corrected chi connectivity index (χ3v) is 6.55. The molecular formula is C23H28BrN3O5S. The number of likely N-dealkylation sites (tertiary alicyclic amines) is 1. The summed E-state index contributed by atoms with van der Waals surface area (Å²) in [6.45, 7) is 10.3. The molecule has 3 aromatic rings. The number of hydrogen-bond donors (Lipinski definition) is 0. The molecule has 0 aliphatic carbocycles. The van der Waals surface area contributed by atoms with E-state index in [4.69, 9.17) is 18.9 Å². The van der Waals surface area contributed by atoms with Crippen molar-refractivity contribution in [2.24, 2.45) is 5.92 Å². The molecule has 1 atom stereocenters. The Labute approximate surface area is 205 Å². The van der Waals surface area contributed by atoms with Gasteiger partial charge < -0.3 is 13.9 Å². The highest BCUT2D eigenvalue weighted by Crippen LogP contribution is 2.39. The van der Waals surface area contributed by atoms with Gasteiger partial charge in [0.15, 0.2) is 4.67 Å². The maximum absolute atomic E-state index is 13.1. The van der Waals surface area contributed by atoms with Crippen molar-refractivity contribution < 1.29 is 23.5 Å². The second kappa shape index (κ2) is 9.13. The van der Waals surface area contributed by atoms with Gasteiger partial charge >= 0.3 is 12.2 Å². The number of amides is 1. The number of carbonyl (C=O) groups excluding carboxylic acids is 2. The van der Waals surface area contributed by atoms with Gasteiger partial charge in [0, 0.05) is 24.9 Å². The summed E-state index contributed by atoms with van der Waals surface area (Å²) in [7, 11) is 0. The molecule has 4 heterocycles. The van der Waals surface area contributed by atoms with E-state index >= 15 is 0 Å². The molecule has 178 valence electrons. The number of carbonyl (C=O) groups is 2. The summed E-state index contributed by atoms with van der Waals surface area (Å²) >= 11 is 4.87. The van der Waals surface area contributed by atoms with Gasteiger partial charge in [0.1, 0.15) is 17.0 Å². The average Bonchev–Trinajstić information content (AvgIpc) is 3.45. The van der Waals surface area contributed by atoms with E-state index in [1.54, 1.807) is 11.1 Å². The van der Waals surface area contributed by atoms with Crippen LogP contribution in [0.1, 0.15) is 59.3 Å². The number of furan rings is 1. The highest BCUT2D eigenvalue weighted by molar-refractivity contribution is 9.10. The Morgan fingerprint density at radius 2 is 2.06 bits per heavy atom. The van der Waals surface area contributed by atoms with E-state index in [-0.39, 0.29) is 18.1 Å². The molecule has 1 fully saturated rings. The summed E-state index contributed by atoms with van der Waals surface area (Å²) in [5, 5.41) is 0. The van der Waals surface area contributed by atoms with E-state index in [2.05, 4.69) is 15.9 Å². The Morgan fingerprint density at radius 1 is 1.30 bits per heavy atom. The maximum Gasteiger partial charge on any atom is 0.420 e. The number of thiophene rings is 1. The van der Waals surface area contributed by atoms with E-state index in [1.165, 1.54) is 15.9 Å². The van der Waals surface area contributed by atoms with Gasteiger partial charge in [-0.05, 0) is 55.5 Å². The molecule has 1 aliphatic rings. The summed E-state index contributed by atoms with van der Waals surface area (Å²) in [5.41, 5.74) is 0.708. The molecule has 0 bridgehead atoms. The van der Waals surface area contributed by atoms with Gasteiger partial charge in [0.25, 0.3) is 0 Å². The third kappa shape index (κ3) is 5.27. The van der Waals surface area contributed by atoms with Gasteiger partial charge in [-0.15, -0.1) is 11.3 Å². The zero-order valence-electron chi connectivity index (χ0n) is 19.4. The predicted molar refractivity (Wildman–Crippen MR) is 130 cm³/mol. The summed E-state index contributed by atoms with van der Waals surface area (Å²) in [4.78, 5) is 33.2. The number of hydrogen-bond acceptors (Lipinski definition) is 7. The molecule has 1 amide bonds. The topological polar surface area (TPSA) is 86.8 Å². The van der Waals surface area contributed by atoms with Crippen LogP contribution in [0.4, 0.5) is 9.59 Å². The van der Waals surface area contributed by atoms with E-state index in [0.29, 0.717) is 35.8 Å². The molecule has 0 N–H and O–H groups in total. The molecule has 0 saturated carbocycles. The van der Waals surface area contributed by atoms with E-state index in [9.17, 15) is 9.59 Å². The number of fused-ring (bicyclic) bond motifs is 1. The van der Waals surface area contributed by atoms with Crippen LogP contribution >= 0.6 is 27.3 Å². The zero-order valence-corrected chi connectivity index (χ0v) is 21.8. The van der Waals surface area contributed by atoms with Crippen molar-refractivity contribution in [2.45, 2.75) is 59.1 Å². The molecule has 1 saturated heterocycles. The Hall–Kier alpha value is -2.33. The first-order valence-electron chi connectivity index (χ1n) is 11.0. The maximum atomic E-state index is 13.1. The van der Waals surface area contributed by atoms with Crippen LogP contribution in [0.2, 0.25) is 0 Å². The summed E-state index contributed by atoms with van der Waals surface area (Å²) in [6.07, 6.45) is 2.26. The van der Waals surface area contributed by atoms with Crippen molar-refractivity contribution in [3.8, 4) is 10.6 Å². The standard InChI is InChI=1S/C23H28BrN3O5S/c1-13(2)12-30-21(28)26-8-6-7-15(26)20-25-14(11-27(20)22(29)32-23(3,4)5)17-9-16-18(33-17)10-19(24)31-16/h9-11,13,15H,6-8,12H2,1-5H3/t15-/m0/s1. The summed E-state index contributed by atoms with van der Waals surface area (Å²) in [6, 6.07) is 3.43. The van der Waals surface area contributed by atoms with Gasteiger partial charge in [-0.2, -0.15) is 0 Å². The number of ether oxygens (including phenoxy) is 2. The van der Waals surface area contributed by atoms with Gasteiger partial charge in [0.05, 0.1) is 27.9 Å². The van der Waals surface area contributed by atoms with Crippen LogP contribution in [0.15, 0.2) is 27.4 Å². The first kappa shape index (κ1) is 23.8. The molecule has 10 heteroatoms. The zero-order chi connectivity index (χ0) is 23.9. The fraction of sp³-hybridized carbons (Fsp3) is 0.522.